The van der Waals surface area contributed by atoms with Crippen molar-refractivity contribution in [3.8, 4) is 0 Å². The zero-order valence-corrected chi connectivity index (χ0v) is 14.7. The Balaban J connectivity index is 1.79. The standard InChI is InChI=1S/C17H29N3S/c1-11(2)16-15(10-18-14-7-8-14)21-17(19-16)20-9-5-6-12(3)13(20)4/h11-14,18H,5-10H2,1-4H3. The topological polar surface area (TPSA) is 28.2 Å². The minimum Gasteiger partial charge on any atom is -0.345 e. The van der Waals surface area contributed by atoms with Crippen LogP contribution in [0.15, 0.2) is 0 Å². The van der Waals surface area contributed by atoms with Crippen LogP contribution in [0.3, 0.4) is 0 Å². The minimum atomic E-state index is 0.517. The van der Waals surface area contributed by atoms with E-state index in [1.54, 1.807) is 0 Å². The van der Waals surface area contributed by atoms with Crippen molar-refractivity contribution in [3.63, 3.8) is 0 Å². The first kappa shape index (κ1) is 15.3. The van der Waals surface area contributed by atoms with E-state index in [1.807, 2.05) is 11.3 Å². The summed E-state index contributed by atoms with van der Waals surface area (Å²) in [5.41, 5.74) is 1.31. The van der Waals surface area contributed by atoms with Gasteiger partial charge in [-0.1, -0.05) is 20.8 Å². The number of nitrogens with one attached hydrogen (secondary N) is 1. The monoisotopic (exact) mass is 307 g/mol. The van der Waals surface area contributed by atoms with Crippen LogP contribution in [0.2, 0.25) is 0 Å². The van der Waals surface area contributed by atoms with Gasteiger partial charge in [0.05, 0.1) is 5.69 Å². The smallest absolute Gasteiger partial charge is 0.186 e. The molecule has 2 atom stereocenters. The third-order valence-electron chi connectivity index (χ3n) is 5.01. The lowest BCUT2D eigenvalue weighted by Gasteiger charge is -2.37. The highest BCUT2D eigenvalue weighted by Crippen LogP contribution is 2.35. The van der Waals surface area contributed by atoms with Crippen molar-refractivity contribution in [1.82, 2.24) is 10.3 Å². The summed E-state index contributed by atoms with van der Waals surface area (Å²) in [7, 11) is 0. The molecular formula is C17H29N3S. The Bertz CT molecular complexity index is 478. The first-order valence-electron chi connectivity index (χ1n) is 8.56. The predicted molar refractivity (Wildman–Crippen MR) is 91.3 cm³/mol. The number of hydrogen-bond donors (Lipinski definition) is 1. The first-order chi connectivity index (χ1) is 10.1. The zero-order chi connectivity index (χ0) is 15.0. The number of rotatable bonds is 5. The van der Waals surface area contributed by atoms with Crippen molar-refractivity contribution in [1.29, 1.82) is 0 Å². The van der Waals surface area contributed by atoms with Crippen LogP contribution in [0.4, 0.5) is 5.13 Å². The molecule has 1 aromatic heterocycles. The van der Waals surface area contributed by atoms with Crippen molar-refractivity contribution in [2.45, 2.75) is 77.9 Å². The molecule has 1 aromatic rings. The molecule has 1 N–H and O–H groups in total. The molecule has 0 amide bonds. The van der Waals surface area contributed by atoms with Gasteiger partial charge in [0.15, 0.2) is 5.13 Å². The van der Waals surface area contributed by atoms with E-state index in [1.165, 1.54) is 47.9 Å². The molecule has 1 saturated heterocycles. The number of nitrogens with zero attached hydrogens (tertiary/aromatic N) is 2. The summed E-state index contributed by atoms with van der Waals surface area (Å²) in [5.74, 6) is 1.29. The van der Waals surface area contributed by atoms with Crippen LogP contribution in [-0.4, -0.2) is 23.6 Å². The molecule has 1 aliphatic heterocycles. The number of anilines is 1. The van der Waals surface area contributed by atoms with Crippen LogP contribution in [0.5, 0.6) is 0 Å². The van der Waals surface area contributed by atoms with Crippen LogP contribution >= 0.6 is 11.3 Å². The number of hydrogen-bond acceptors (Lipinski definition) is 4. The summed E-state index contributed by atoms with van der Waals surface area (Å²) in [4.78, 5) is 9.02. The first-order valence-corrected chi connectivity index (χ1v) is 9.37. The second kappa shape index (κ2) is 6.25. The van der Waals surface area contributed by atoms with Gasteiger partial charge in [-0.25, -0.2) is 4.98 Å². The third kappa shape index (κ3) is 3.42. The molecule has 2 unspecified atom stereocenters. The molecule has 4 heteroatoms. The molecule has 3 rings (SSSR count). The van der Waals surface area contributed by atoms with Gasteiger partial charge in [0.2, 0.25) is 0 Å². The average Bonchev–Trinajstić information content (AvgIpc) is 3.18. The molecule has 2 heterocycles. The molecule has 1 aliphatic carbocycles. The second-order valence-electron chi connectivity index (χ2n) is 7.17. The van der Waals surface area contributed by atoms with Crippen LogP contribution < -0.4 is 10.2 Å². The normalized spacial score (nSPS) is 26.6. The molecule has 3 nitrogen and oxygen atoms in total. The Labute approximate surface area is 133 Å². The average molecular weight is 308 g/mol. The van der Waals surface area contributed by atoms with Gasteiger partial charge in [-0.3, -0.25) is 0 Å². The van der Waals surface area contributed by atoms with Gasteiger partial charge in [-0.15, -0.1) is 11.3 Å². The van der Waals surface area contributed by atoms with Crippen molar-refractivity contribution < 1.29 is 0 Å². The number of aromatic nitrogens is 1. The fourth-order valence-corrected chi connectivity index (χ4v) is 4.46. The lowest BCUT2D eigenvalue weighted by atomic mass is 9.92. The number of thiazole rings is 1. The van der Waals surface area contributed by atoms with Gasteiger partial charge in [0, 0.05) is 30.1 Å². The Morgan fingerprint density at radius 1 is 1.29 bits per heavy atom. The van der Waals surface area contributed by atoms with Crippen molar-refractivity contribution in [2.24, 2.45) is 5.92 Å². The quantitative estimate of drug-likeness (QED) is 0.886. The Morgan fingerprint density at radius 3 is 2.71 bits per heavy atom. The highest BCUT2D eigenvalue weighted by atomic mass is 32.1. The van der Waals surface area contributed by atoms with E-state index < -0.39 is 0 Å². The Hall–Kier alpha value is -0.610. The lowest BCUT2D eigenvalue weighted by Crippen LogP contribution is -2.42. The largest absolute Gasteiger partial charge is 0.345 e. The summed E-state index contributed by atoms with van der Waals surface area (Å²) in [6.45, 7) is 11.5. The van der Waals surface area contributed by atoms with Crippen LogP contribution in [0.25, 0.3) is 0 Å². The highest BCUT2D eigenvalue weighted by Gasteiger charge is 2.28. The van der Waals surface area contributed by atoms with E-state index in [9.17, 15) is 0 Å². The molecule has 21 heavy (non-hydrogen) atoms. The van der Waals surface area contributed by atoms with Gasteiger partial charge in [0.1, 0.15) is 0 Å². The molecule has 0 radical (unpaired) electrons. The minimum absolute atomic E-state index is 0.517. The molecule has 2 fully saturated rings. The maximum Gasteiger partial charge on any atom is 0.186 e. The molecule has 2 aliphatic rings. The summed E-state index contributed by atoms with van der Waals surface area (Å²) < 4.78 is 0. The molecule has 0 bridgehead atoms. The van der Waals surface area contributed by atoms with Crippen LogP contribution in [0, 0.1) is 5.92 Å². The molecule has 1 saturated carbocycles. The molecule has 118 valence electrons. The van der Waals surface area contributed by atoms with Crippen molar-refractivity contribution in [2.75, 3.05) is 11.4 Å². The van der Waals surface area contributed by atoms with E-state index in [4.69, 9.17) is 4.98 Å². The SMILES string of the molecule is CC(C)c1nc(N2CCCC(C)C2C)sc1CNC1CC1. The molecular weight excluding hydrogens is 278 g/mol. The Kier molecular flexibility index (Phi) is 4.55. The predicted octanol–water partition coefficient (Wildman–Crippen LogP) is 4.14. The van der Waals surface area contributed by atoms with Crippen LogP contribution in [-0.2, 0) is 6.54 Å². The summed E-state index contributed by atoms with van der Waals surface area (Å²) >= 11 is 1.92. The van der Waals surface area contributed by atoms with Crippen LogP contribution in [0.1, 0.15) is 69.9 Å². The summed E-state index contributed by atoms with van der Waals surface area (Å²) in [6, 6.07) is 1.39. The van der Waals surface area contributed by atoms with Crippen molar-refractivity contribution in [3.05, 3.63) is 10.6 Å². The maximum absolute atomic E-state index is 5.02. The van der Waals surface area contributed by atoms with Gasteiger partial charge in [0.25, 0.3) is 0 Å². The Morgan fingerprint density at radius 2 is 2.05 bits per heavy atom. The highest BCUT2D eigenvalue weighted by molar-refractivity contribution is 7.15. The van der Waals surface area contributed by atoms with Gasteiger partial charge in [-0.05, 0) is 44.4 Å². The fourth-order valence-electron chi connectivity index (χ4n) is 3.18. The lowest BCUT2D eigenvalue weighted by molar-refractivity contribution is 0.363. The molecule has 0 spiro atoms. The fraction of sp³-hybridized carbons (Fsp3) is 0.824. The van der Waals surface area contributed by atoms with Crippen molar-refractivity contribution >= 4 is 16.5 Å². The summed E-state index contributed by atoms with van der Waals surface area (Å²) in [5, 5.41) is 4.91. The maximum atomic E-state index is 5.02. The summed E-state index contributed by atoms with van der Waals surface area (Å²) in [6.07, 6.45) is 5.36. The molecule has 0 aromatic carbocycles. The van der Waals surface area contributed by atoms with E-state index in [0.717, 1.165) is 18.5 Å². The zero-order valence-electron chi connectivity index (χ0n) is 13.9. The van der Waals surface area contributed by atoms with E-state index in [0.29, 0.717) is 12.0 Å². The second-order valence-corrected chi connectivity index (χ2v) is 8.23. The van der Waals surface area contributed by atoms with Gasteiger partial charge >= 0.3 is 0 Å². The van der Waals surface area contributed by atoms with E-state index >= 15 is 0 Å². The van der Waals surface area contributed by atoms with Gasteiger partial charge in [-0.2, -0.15) is 0 Å². The number of piperidine rings is 1. The van der Waals surface area contributed by atoms with E-state index in [2.05, 4.69) is 37.9 Å². The van der Waals surface area contributed by atoms with Gasteiger partial charge < -0.3 is 10.2 Å². The van der Waals surface area contributed by atoms with E-state index in [-0.39, 0.29) is 0 Å². The third-order valence-corrected chi connectivity index (χ3v) is 6.12.